The Morgan fingerprint density at radius 2 is 1.85 bits per heavy atom. The normalized spacial score (nSPS) is 14.8. The second kappa shape index (κ2) is 5.01. The van der Waals surface area contributed by atoms with Crippen LogP contribution in [0.15, 0.2) is 48.7 Å². The van der Waals surface area contributed by atoms with E-state index < -0.39 is 0 Å². The van der Waals surface area contributed by atoms with Crippen LogP contribution in [0.25, 0.3) is 33.5 Å². The lowest BCUT2D eigenvalue weighted by Gasteiger charge is -2.34. The first kappa shape index (κ1) is 15.3. The summed E-state index contributed by atoms with van der Waals surface area (Å²) in [5.41, 5.74) is 8.04. The molecule has 2 N–H and O–H groups in total. The average Bonchev–Trinajstić information content (AvgIpc) is 3.20. The van der Waals surface area contributed by atoms with Crippen LogP contribution in [0, 0.1) is 6.92 Å². The van der Waals surface area contributed by atoms with E-state index in [2.05, 4.69) is 85.2 Å². The highest BCUT2D eigenvalue weighted by molar-refractivity contribution is 5.94. The highest BCUT2D eigenvalue weighted by Crippen LogP contribution is 2.46. The highest BCUT2D eigenvalue weighted by Gasteiger charge is 2.36. The minimum Gasteiger partial charge on any atom is -0.374 e. The molecule has 5 rings (SSSR count). The number of hydrogen-bond donors (Lipinski definition) is 2. The molecule has 1 aliphatic rings. The van der Waals surface area contributed by atoms with Gasteiger partial charge in [0.15, 0.2) is 0 Å². The second-order valence-corrected chi connectivity index (χ2v) is 7.69. The van der Waals surface area contributed by atoms with Crippen LogP contribution in [0.3, 0.4) is 0 Å². The van der Waals surface area contributed by atoms with E-state index >= 15 is 0 Å². The van der Waals surface area contributed by atoms with E-state index in [1.54, 1.807) is 0 Å². The molecule has 0 fully saturated rings. The SMILES string of the molecule is Cc1cccc2c1-c1c(nc(-c3cccc4cc[nH]c34)n1C)C(C)(C)N2. The molecule has 26 heavy (non-hydrogen) atoms. The summed E-state index contributed by atoms with van der Waals surface area (Å²) in [6, 6.07) is 14.9. The Bertz CT molecular complexity index is 1160. The number of nitrogens with one attached hydrogen (secondary N) is 2. The topological polar surface area (TPSA) is 45.6 Å². The summed E-state index contributed by atoms with van der Waals surface area (Å²) in [6.07, 6.45) is 1.99. The summed E-state index contributed by atoms with van der Waals surface area (Å²) >= 11 is 0. The van der Waals surface area contributed by atoms with Gasteiger partial charge < -0.3 is 14.9 Å². The van der Waals surface area contributed by atoms with Crippen LogP contribution in [-0.4, -0.2) is 14.5 Å². The molecule has 4 nitrogen and oxygen atoms in total. The Labute approximate surface area is 152 Å². The average molecular weight is 342 g/mol. The summed E-state index contributed by atoms with van der Waals surface area (Å²) < 4.78 is 2.25. The van der Waals surface area contributed by atoms with Crippen molar-refractivity contribution in [2.24, 2.45) is 7.05 Å². The molecule has 0 radical (unpaired) electrons. The number of aromatic amines is 1. The van der Waals surface area contributed by atoms with Crippen LogP contribution in [0.4, 0.5) is 5.69 Å². The Morgan fingerprint density at radius 3 is 2.69 bits per heavy atom. The number of benzene rings is 2. The molecule has 0 unspecified atom stereocenters. The molecule has 1 aliphatic heterocycles. The van der Waals surface area contributed by atoms with E-state index in [-0.39, 0.29) is 5.54 Å². The van der Waals surface area contributed by atoms with Crippen molar-refractivity contribution in [2.45, 2.75) is 26.3 Å². The summed E-state index contributed by atoms with van der Waals surface area (Å²) in [6.45, 7) is 6.56. The van der Waals surface area contributed by atoms with Gasteiger partial charge in [-0.2, -0.15) is 0 Å². The van der Waals surface area contributed by atoms with Crippen molar-refractivity contribution in [1.29, 1.82) is 0 Å². The Balaban J connectivity index is 1.86. The molecule has 0 atom stereocenters. The van der Waals surface area contributed by atoms with Crippen molar-refractivity contribution in [1.82, 2.24) is 14.5 Å². The van der Waals surface area contributed by atoms with Crippen LogP contribution < -0.4 is 5.32 Å². The minimum atomic E-state index is -0.226. The second-order valence-electron chi connectivity index (χ2n) is 7.69. The van der Waals surface area contributed by atoms with Crippen LogP contribution in [0.5, 0.6) is 0 Å². The van der Waals surface area contributed by atoms with Gasteiger partial charge in [-0.3, -0.25) is 0 Å². The number of anilines is 1. The molecule has 2 aromatic carbocycles. The van der Waals surface area contributed by atoms with Crippen LogP contribution >= 0.6 is 0 Å². The van der Waals surface area contributed by atoms with Crippen molar-refractivity contribution in [2.75, 3.05) is 5.32 Å². The fraction of sp³-hybridized carbons (Fsp3) is 0.227. The monoisotopic (exact) mass is 342 g/mol. The van der Waals surface area contributed by atoms with Gasteiger partial charge in [0.05, 0.1) is 22.4 Å². The summed E-state index contributed by atoms with van der Waals surface area (Å²) in [4.78, 5) is 8.50. The molecule has 130 valence electrons. The highest BCUT2D eigenvalue weighted by atomic mass is 15.1. The first-order valence-electron chi connectivity index (χ1n) is 8.99. The van der Waals surface area contributed by atoms with E-state index in [1.807, 2.05) is 6.20 Å². The first-order valence-corrected chi connectivity index (χ1v) is 8.99. The zero-order valence-corrected chi connectivity index (χ0v) is 15.5. The maximum absolute atomic E-state index is 5.12. The predicted octanol–water partition coefficient (Wildman–Crippen LogP) is 5.20. The van der Waals surface area contributed by atoms with E-state index in [0.29, 0.717) is 0 Å². The predicted molar refractivity (Wildman–Crippen MR) is 107 cm³/mol. The van der Waals surface area contributed by atoms with Crippen LogP contribution in [0.1, 0.15) is 25.1 Å². The van der Waals surface area contributed by atoms with Gasteiger partial charge in [0, 0.05) is 35.4 Å². The lowest BCUT2D eigenvalue weighted by molar-refractivity contribution is 0.586. The van der Waals surface area contributed by atoms with Gasteiger partial charge in [-0.15, -0.1) is 0 Å². The van der Waals surface area contributed by atoms with Crippen molar-refractivity contribution >= 4 is 16.6 Å². The van der Waals surface area contributed by atoms with Gasteiger partial charge in [0.25, 0.3) is 0 Å². The number of hydrogen-bond acceptors (Lipinski definition) is 2. The minimum absolute atomic E-state index is 0.226. The largest absolute Gasteiger partial charge is 0.374 e. The zero-order chi connectivity index (χ0) is 18.1. The lowest BCUT2D eigenvalue weighted by atomic mass is 9.88. The maximum Gasteiger partial charge on any atom is 0.142 e. The molecule has 2 aromatic heterocycles. The number of aryl methyl sites for hydroxylation is 1. The first-order chi connectivity index (χ1) is 12.5. The van der Waals surface area contributed by atoms with E-state index in [1.165, 1.54) is 27.9 Å². The number of para-hydroxylation sites is 1. The summed E-state index contributed by atoms with van der Waals surface area (Å²) in [7, 11) is 2.13. The Hall–Kier alpha value is -3.01. The zero-order valence-electron chi connectivity index (χ0n) is 15.5. The van der Waals surface area contributed by atoms with E-state index in [9.17, 15) is 0 Å². The molecular weight excluding hydrogens is 320 g/mol. The molecular formula is C22H22N4. The number of imidazole rings is 1. The smallest absolute Gasteiger partial charge is 0.142 e. The standard InChI is InChI=1S/C22H22N4/c1-13-7-5-10-16-17(13)19-20(22(2,3)25-16)24-21(26(19)4)15-9-6-8-14-11-12-23-18(14)15/h5-12,23,25H,1-4H3. The molecule has 0 bridgehead atoms. The van der Waals surface area contributed by atoms with Crippen LogP contribution in [0.2, 0.25) is 0 Å². The summed E-state index contributed by atoms with van der Waals surface area (Å²) in [5.74, 6) is 0.994. The number of nitrogens with zero attached hydrogens (tertiary/aromatic N) is 2. The van der Waals surface area contributed by atoms with Gasteiger partial charge in [0.1, 0.15) is 5.82 Å². The molecule has 4 aromatic rings. The van der Waals surface area contributed by atoms with Gasteiger partial charge in [-0.1, -0.05) is 24.3 Å². The van der Waals surface area contributed by atoms with Crippen molar-refractivity contribution in [3.05, 3.63) is 59.9 Å². The third-order valence-electron chi connectivity index (χ3n) is 5.47. The fourth-order valence-electron chi connectivity index (χ4n) is 4.21. The lowest BCUT2D eigenvalue weighted by Crippen LogP contribution is -2.32. The Kier molecular flexibility index (Phi) is 2.94. The number of fused-ring (bicyclic) bond motifs is 4. The molecule has 3 heterocycles. The van der Waals surface area contributed by atoms with E-state index in [4.69, 9.17) is 4.98 Å². The van der Waals surface area contributed by atoms with Gasteiger partial charge in [-0.05, 0) is 44.5 Å². The quantitative estimate of drug-likeness (QED) is 0.499. The maximum atomic E-state index is 5.12. The molecule has 0 amide bonds. The van der Waals surface area contributed by atoms with Gasteiger partial charge in [-0.25, -0.2) is 4.98 Å². The number of H-pyrrole nitrogens is 1. The van der Waals surface area contributed by atoms with Gasteiger partial charge in [0.2, 0.25) is 0 Å². The number of aromatic nitrogens is 3. The molecule has 0 aliphatic carbocycles. The third-order valence-corrected chi connectivity index (χ3v) is 5.47. The van der Waals surface area contributed by atoms with Crippen molar-refractivity contribution in [3.8, 4) is 22.6 Å². The molecule has 0 spiro atoms. The molecule has 0 saturated heterocycles. The number of rotatable bonds is 1. The summed E-state index contributed by atoms with van der Waals surface area (Å²) in [5, 5.41) is 4.88. The third kappa shape index (κ3) is 1.93. The van der Waals surface area contributed by atoms with Crippen molar-refractivity contribution in [3.63, 3.8) is 0 Å². The Morgan fingerprint density at radius 1 is 1.04 bits per heavy atom. The van der Waals surface area contributed by atoms with Gasteiger partial charge >= 0.3 is 0 Å². The van der Waals surface area contributed by atoms with E-state index in [0.717, 1.165) is 22.6 Å². The molecule has 0 saturated carbocycles. The van der Waals surface area contributed by atoms with Crippen molar-refractivity contribution < 1.29 is 0 Å². The van der Waals surface area contributed by atoms with Crippen LogP contribution in [-0.2, 0) is 12.6 Å². The fourth-order valence-corrected chi connectivity index (χ4v) is 4.21. The molecule has 4 heteroatoms.